The van der Waals surface area contributed by atoms with Crippen molar-refractivity contribution in [2.45, 2.75) is 45.6 Å². The largest absolute Gasteiger partial charge is 0.342 e. The van der Waals surface area contributed by atoms with Gasteiger partial charge in [0.25, 0.3) is 5.91 Å². The highest BCUT2D eigenvalue weighted by molar-refractivity contribution is 6.04. The molecule has 0 aliphatic carbocycles. The summed E-state index contributed by atoms with van der Waals surface area (Å²) < 4.78 is 0. The molecule has 1 aliphatic rings. The Morgan fingerprint density at radius 2 is 1.85 bits per heavy atom. The molecular formula is C16H22N2O2. The van der Waals surface area contributed by atoms with Gasteiger partial charge in [-0.2, -0.15) is 0 Å². The van der Waals surface area contributed by atoms with Crippen molar-refractivity contribution in [3.05, 3.63) is 29.8 Å². The summed E-state index contributed by atoms with van der Waals surface area (Å²) in [5.74, 6) is -0.0409. The summed E-state index contributed by atoms with van der Waals surface area (Å²) in [4.78, 5) is 26.6. The van der Waals surface area contributed by atoms with Crippen LogP contribution in [0.4, 0.5) is 5.69 Å². The highest BCUT2D eigenvalue weighted by Gasteiger charge is 2.42. The van der Waals surface area contributed by atoms with Crippen LogP contribution in [-0.4, -0.2) is 23.9 Å². The average Bonchev–Trinajstić information content (AvgIpc) is 2.58. The monoisotopic (exact) mass is 274 g/mol. The molecule has 1 saturated heterocycles. The van der Waals surface area contributed by atoms with Crippen LogP contribution in [-0.2, 0) is 9.59 Å². The molecule has 0 saturated carbocycles. The number of nitrogens with zero attached hydrogens (tertiary/aromatic N) is 1. The Morgan fingerprint density at radius 1 is 1.20 bits per heavy atom. The topological polar surface area (TPSA) is 49.4 Å². The van der Waals surface area contributed by atoms with E-state index < -0.39 is 5.54 Å². The normalized spacial score (nSPS) is 18.6. The molecular weight excluding hydrogens is 252 g/mol. The number of aryl methyl sites for hydroxylation is 1. The lowest BCUT2D eigenvalue weighted by molar-refractivity contribution is -0.130. The minimum atomic E-state index is -0.768. The van der Waals surface area contributed by atoms with Crippen LogP contribution in [0.25, 0.3) is 0 Å². The molecule has 108 valence electrons. The molecule has 1 heterocycles. The minimum absolute atomic E-state index is 0.00245. The molecule has 1 aliphatic heterocycles. The quantitative estimate of drug-likeness (QED) is 0.920. The molecule has 0 unspecified atom stereocenters. The second-order valence-electron chi connectivity index (χ2n) is 5.33. The molecule has 0 spiro atoms. The van der Waals surface area contributed by atoms with Gasteiger partial charge < -0.3 is 10.2 Å². The molecule has 0 atom stereocenters. The highest BCUT2D eigenvalue weighted by Crippen LogP contribution is 2.28. The summed E-state index contributed by atoms with van der Waals surface area (Å²) in [6.45, 7) is 6.33. The summed E-state index contributed by atoms with van der Waals surface area (Å²) in [7, 11) is 0. The van der Waals surface area contributed by atoms with Gasteiger partial charge in [-0.3, -0.25) is 9.59 Å². The van der Waals surface area contributed by atoms with E-state index in [0.717, 1.165) is 11.3 Å². The molecule has 1 aromatic rings. The maximum absolute atomic E-state index is 12.9. The molecule has 2 rings (SSSR count). The van der Waals surface area contributed by atoms with Crippen molar-refractivity contribution in [3.8, 4) is 0 Å². The first-order valence-electron chi connectivity index (χ1n) is 7.22. The number of carbonyl (C=O) groups is 2. The van der Waals surface area contributed by atoms with E-state index in [1.165, 1.54) is 0 Å². The van der Waals surface area contributed by atoms with E-state index in [2.05, 4.69) is 5.32 Å². The lowest BCUT2D eigenvalue weighted by atomic mass is 9.91. The zero-order chi connectivity index (χ0) is 14.8. The van der Waals surface area contributed by atoms with Gasteiger partial charge in [0, 0.05) is 18.7 Å². The van der Waals surface area contributed by atoms with Gasteiger partial charge in [-0.15, -0.1) is 0 Å². The van der Waals surface area contributed by atoms with Crippen LogP contribution in [0, 0.1) is 6.92 Å². The predicted molar refractivity (Wildman–Crippen MR) is 79.6 cm³/mol. The maximum Gasteiger partial charge on any atom is 0.252 e. The Kier molecular flexibility index (Phi) is 4.12. The summed E-state index contributed by atoms with van der Waals surface area (Å²) in [5.41, 5.74) is 1.19. The number of hydrogen-bond acceptors (Lipinski definition) is 2. The average molecular weight is 274 g/mol. The fourth-order valence-electron chi connectivity index (χ4n) is 2.78. The van der Waals surface area contributed by atoms with Gasteiger partial charge in [0.15, 0.2) is 0 Å². The maximum atomic E-state index is 12.9. The standard InChI is InChI=1S/C16H22N2O2/c1-4-16(5-2)15(20)18(11-10-14(19)17-16)13-9-7-6-8-12(13)3/h6-9H,4-5,10-11H2,1-3H3,(H,17,19). The Morgan fingerprint density at radius 3 is 2.45 bits per heavy atom. The van der Waals surface area contributed by atoms with Crippen LogP contribution in [0.5, 0.6) is 0 Å². The summed E-state index contributed by atoms with van der Waals surface area (Å²) in [6.07, 6.45) is 1.56. The smallest absolute Gasteiger partial charge is 0.252 e. The van der Waals surface area contributed by atoms with E-state index in [1.54, 1.807) is 4.90 Å². The number of carbonyl (C=O) groups excluding carboxylic acids is 2. The Labute approximate surface area is 120 Å². The number of anilines is 1. The van der Waals surface area contributed by atoms with Crippen molar-refractivity contribution in [2.75, 3.05) is 11.4 Å². The van der Waals surface area contributed by atoms with Crippen molar-refractivity contribution < 1.29 is 9.59 Å². The SMILES string of the molecule is CCC1(CC)NC(=O)CCN(c2ccccc2C)C1=O. The second kappa shape index (κ2) is 5.65. The van der Waals surface area contributed by atoms with E-state index in [9.17, 15) is 9.59 Å². The molecule has 0 radical (unpaired) electrons. The lowest BCUT2D eigenvalue weighted by Gasteiger charge is -2.34. The number of para-hydroxylation sites is 1. The van der Waals surface area contributed by atoms with Crippen molar-refractivity contribution in [1.29, 1.82) is 0 Å². The zero-order valence-corrected chi connectivity index (χ0v) is 12.4. The first-order chi connectivity index (χ1) is 9.54. The van der Waals surface area contributed by atoms with Gasteiger partial charge in [-0.25, -0.2) is 0 Å². The molecule has 0 aromatic heterocycles. The highest BCUT2D eigenvalue weighted by atomic mass is 16.2. The predicted octanol–water partition coefficient (Wildman–Crippen LogP) is 2.41. The van der Waals surface area contributed by atoms with Crippen LogP contribution >= 0.6 is 0 Å². The summed E-state index contributed by atoms with van der Waals surface area (Å²) >= 11 is 0. The van der Waals surface area contributed by atoms with E-state index in [1.807, 2.05) is 45.0 Å². The van der Waals surface area contributed by atoms with Gasteiger partial charge in [0.1, 0.15) is 5.54 Å². The molecule has 2 amide bonds. The fourth-order valence-corrected chi connectivity index (χ4v) is 2.78. The Bertz CT molecular complexity index is 521. The Hall–Kier alpha value is -1.84. The number of amides is 2. The molecule has 1 fully saturated rings. The molecule has 1 N–H and O–H groups in total. The molecule has 0 bridgehead atoms. The van der Waals surface area contributed by atoms with Crippen LogP contribution in [0.3, 0.4) is 0 Å². The number of hydrogen-bond donors (Lipinski definition) is 1. The molecule has 4 heteroatoms. The van der Waals surface area contributed by atoms with E-state index in [4.69, 9.17) is 0 Å². The van der Waals surface area contributed by atoms with E-state index >= 15 is 0 Å². The van der Waals surface area contributed by atoms with Gasteiger partial charge in [0.05, 0.1) is 0 Å². The Balaban J connectivity index is 2.46. The van der Waals surface area contributed by atoms with Crippen molar-refractivity contribution in [1.82, 2.24) is 5.32 Å². The van der Waals surface area contributed by atoms with Crippen LogP contribution in [0.15, 0.2) is 24.3 Å². The van der Waals surface area contributed by atoms with Crippen molar-refractivity contribution in [2.24, 2.45) is 0 Å². The molecule has 20 heavy (non-hydrogen) atoms. The van der Waals surface area contributed by atoms with Crippen molar-refractivity contribution >= 4 is 17.5 Å². The number of benzene rings is 1. The lowest BCUT2D eigenvalue weighted by Crippen LogP contribution is -2.56. The van der Waals surface area contributed by atoms with Crippen LogP contribution in [0.1, 0.15) is 38.7 Å². The van der Waals surface area contributed by atoms with Crippen LogP contribution < -0.4 is 10.2 Å². The summed E-state index contributed by atoms with van der Waals surface area (Å²) in [5, 5.41) is 2.93. The third-order valence-electron chi connectivity index (χ3n) is 4.21. The molecule has 4 nitrogen and oxygen atoms in total. The first-order valence-corrected chi connectivity index (χ1v) is 7.22. The molecule has 1 aromatic carbocycles. The van der Waals surface area contributed by atoms with Gasteiger partial charge in [-0.1, -0.05) is 32.0 Å². The first kappa shape index (κ1) is 14.6. The third-order valence-corrected chi connectivity index (χ3v) is 4.21. The minimum Gasteiger partial charge on any atom is -0.342 e. The van der Waals surface area contributed by atoms with E-state index in [-0.39, 0.29) is 11.8 Å². The third kappa shape index (κ3) is 2.42. The van der Waals surface area contributed by atoms with E-state index in [0.29, 0.717) is 25.8 Å². The summed E-state index contributed by atoms with van der Waals surface area (Å²) in [6, 6.07) is 7.81. The number of rotatable bonds is 3. The fraction of sp³-hybridized carbons (Fsp3) is 0.500. The van der Waals surface area contributed by atoms with Gasteiger partial charge in [-0.05, 0) is 31.4 Å². The van der Waals surface area contributed by atoms with Crippen LogP contribution in [0.2, 0.25) is 0 Å². The van der Waals surface area contributed by atoms with Gasteiger partial charge >= 0.3 is 0 Å². The van der Waals surface area contributed by atoms with Gasteiger partial charge in [0.2, 0.25) is 5.91 Å². The second-order valence-corrected chi connectivity index (χ2v) is 5.33. The number of nitrogens with one attached hydrogen (secondary N) is 1. The van der Waals surface area contributed by atoms with Crippen molar-refractivity contribution in [3.63, 3.8) is 0 Å². The zero-order valence-electron chi connectivity index (χ0n) is 12.4.